The van der Waals surface area contributed by atoms with E-state index in [9.17, 15) is 13.2 Å². The molecule has 8 nitrogen and oxygen atoms in total. The van der Waals surface area contributed by atoms with Crippen molar-refractivity contribution in [2.75, 3.05) is 36.4 Å². The van der Waals surface area contributed by atoms with E-state index in [0.717, 1.165) is 16.8 Å². The zero-order valence-corrected chi connectivity index (χ0v) is 20.3. The molecule has 174 valence electrons. The maximum atomic E-state index is 13.4. The molecule has 0 radical (unpaired) electrons. The molecule has 4 rings (SSSR count). The van der Waals surface area contributed by atoms with Crippen LogP contribution in [0.4, 0.5) is 11.4 Å². The Bertz CT molecular complexity index is 1300. The number of benzene rings is 2. The van der Waals surface area contributed by atoms with Crippen LogP contribution in [-0.2, 0) is 17.1 Å². The number of hydrogen-bond acceptors (Lipinski definition) is 5. The van der Waals surface area contributed by atoms with Crippen molar-refractivity contribution in [3.8, 4) is 0 Å². The van der Waals surface area contributed by atoms with E-state index >= 15 is 0 Å². The molecule has 1 saturated heterocycles. The summed E-state index contributed by atoms with van der Waals surface area (Å²) < 4.78 is 29.6. The van der Waals surface area contributed by atoms with Crippen LogP contribution in [-0.4, -0.2) is 54.6 Å². The summed E-state index contributed by atoms with van der Waals surface area (Å²) in [6.45, 7) is 5.51. The van der Waals surface area contributed by atoms with Gasteiger partial charge >= 0.3 is 0 Å². The van der Waals surface area contributed by atoms with Gasteiger partial charge in [-0.05, 0) is 49.2 Å². The van der Waals surface area contributed by atoms with E-state index in [1.54, 1.807) is 13.1 Å². The van der Waals surface area contributed by atoms with E-state index in [-0.39, 0.29) is 23.7 Å². The molecule has 1 aromatic heterocycles. The highest BCUT2D eigenvalue weighted by atomic mass is 35.5. The van der Waals surface area contributed by atoms with Crippen LogP contribution in [0.5, 0.6) is 0 Å². The molecule has 3 aromatic rings. The Kier molecular flexibility index (Phi) is 6.47. The SMILES string of the molecule is Cc1cccc(NC(=O)c2cn(C)nc2S(=O)(=O)N2CCN(c3cc(Cl)ccc3C)CC2)c1. The third-order valence-corrected chi connectivity index (χ3v) is 7.72. The van der Waals surface area contributed by atoms with Gasteiger partial charge in [-0.2, -0.15) is 9.40 Å². The van der Waals surface area contributed by atoms with E-state index < -0.39 is 15.9 Å². The summed E-state index contributed by atoms with van der Waals surface area (Å²) >= 11 is 6.15. The van der Waals surface area contributed by atoms with E-state index in [1.807, 2.05) is 50.2 Å². The Balaban J connectivity index is 1.53. The predicted octanol–water partition coefficient (Wildman–Crippen LogP) is 3.45. The second kappa shape index (κ2) is 9.17. The molecule has 1 aliphatic rings. The average molecular weight is 488 g/mol. The summed E-state index contributed by atoms with van der Waals surface area (Å²) in [5.41, 5.74) is 3.68. The van der Waals surface area contributed by atoms with Crippen molar-refractivity contribution in [2.45, 2.75) is 18.9 Å². The smallest absolute Gasteiger partial charge is 0.263 e. The number of aromatic nitrogens is 2. The first-order chi connectivity index (χ1) is 15.6. The molecular formula is C23H26ClN5O3S. The first kappa shape index (κ1) is 23.3. The average Bonchev–Trinajstić information content (AvgIpc) is 3.18. The van der Waals surface area contributed by atoms with Gasteiger partial charge < -0.3 is 10.2 Å². The number of halogens is 1. The largest absolute Gasteiger partial charge is 0.369 e. The van der Waals surface area contributed by atoms with Gasteiger partial charge in [0.1, 0.15) is 0 Å². The van der Waals surface area contributed by atoms with Crippen molar-refractivity contribution in [1.29, 1.82) is 0 Å². The molecule has 1 aliphatic heterocycles. The molecule has 1 N–H and O–H groups in total. The van der Waals surface area contributed by atoms with Crippen LogP contribution in [0.1, 0.15) is 21.5 Å². The van der Waals surface area contributed by atoms with Crippen LogP contribution in [0.15, 0.2) is 53.7 Å². The molecule has 2 aromatic carbocycles. The van der Waals surface area contributed by atoms with Crippen molar-refractivity contribution in [2.24, 2.45) is 7.05 Å². The summed E-state index contributed by atoms with van der Waals surface area (Å²) in [5.74, 6) is -0.513. The molecule has 0 unspecified atom stereocenters. The first-order valence-electron chi connectivity index (χ1n) is 10.6. The van der Waals surface area contributed by atoms with Crippen molar-refractivity contribution >= 4 is 38.9 Å². The van der Waals surface area contributed by atoms with Gasteiger partial charge in [0, 0.05) is 55.8 Å². The number of hydrogen-bond donors (Lipinski definition) is 1. The quantitative estimate of drug-likeness (QED) is 0.595. The van der Waals surface area contributed by atoms with E-state index in [4.69, 9.17) is 11.6 Å². The number of amides is 1. The van der Waals surface area contributed by atoms with Crippen LogP contribution >= 0.6 is 11.6 Å². The highest BCUT2D eigenvalue weighted by Gasteiger charge is 2.34. The van der Waals surface area contributed by atoms with Gasteiger partial charge in [0.05, 0.1) is 5.56 Å². The molecule has 1 fully saturated rings. The molecule has 10 heteroatoms. The topological polar surface area (TPSA) is 87.5 Å². The number of nitrogens with one attached hydrogen (secondary N) is 1. The first-order valence-corrected chi connectivity index (χ1v) is 12.4. The minimum Gasteiger partial charge on any atom is -0.369 e. The number of piperazine rings is 1. The van der Waals surface area contributed by atoms with Gasteiger partial charge in [-0.15, -0.1) is 0 Å². The second-order valence-corrected chi connectivity index (χ2v) is 10.5. The van der Waals surface area contributed by atoms with Crippen LogP contribution < -0.4 is 10.2 Å². The lowest BCUT2D eigenvalue weighted by atomic mass is 10.1. The van der Waals surface area contributed by atoms with Crippen LogP contribution in [0, 0.1) is 13.8 Å². The lowest BCUT2D eigenvalue weighted by Gasteiger charge is -2.35. The summed E-state index contributed by atoms with van der Waals surface area (Å²) in [6.07, 6.45) is 1.43. The predicted molar refractivity (Wildman–Crippen MR) is 130 cm³/mol. The Hall–Kier alpha value is -2.88. The molecule has 0 atom stereocenters. The summed E-state index contributed by atoms with van der Waals surface area (Å²) in [7, 11) is -2.35. The van der Waals surface area contributed by atoms with Crippen LogP contribution in [0.2, 0.25) is 5.02 Å². The molecule has 0 spiro atoms. The van der Waals surface area contributed by atoms with Gasteiger partial charge in [0.2, 0.25) is 5.03 Å². The molecule has 33 heavy (non-hydrogen) atoms. The molecular weight excluding hydrogens is 462 g/mol. The molecule has 2 heterocycles. The van der Waals surface area contributed by atoms with Crippen LogP contribution in [0.25, 0.3) is 0 Å². The summed E-state index contributed by atoms with van der Waals surface area (Å²) in [5, 5.41) is 7.32. The number of nitrogens with zero attached hydrogens (tertiary/aromatic N) is 4. The maximum absolute atomic E-state index is 13.4. The fourth-order valence-electron chi connectivity index (χ4n) is 3.95. The number of anilines is 2. The van der Waals surface area contributed by atoms with E-state index in [0.29, 0.717) is 23.8 Å². The summed E-state index contributed by atoms with van der Waals surface area (Å²) in [4.78, 5) is 15.0. The van der Waals surface area contributed by atoms with E-state index in [1.165, 1.54) is 15.2 Å². The van der Waals surface area contributed by atoms with Crippen molar-refractivity contribution < 1.29 is 13.2 Å². The molecule has 0 bridgehead atoms. The van der Waals surface area contributed by atoms with Gasteiger partial charge in [-0.3, -0.25) is 9.48 Å². The Labute approximate surface area is 198 Å². The third kappa shape index (κ3) is 4.90. The Morgan fingerprint density at radius 2 is 1.79 bits per heavy atom. The Morgan fingerprint density at radius 3 is 2.48 bits per heavy atom. The normalized spacial score (nSPS) is 15.0. The van der Waals surface area contributed by atoms with Crippen molar-refractivity contribution in [3.05, 3.63) is 70.4 Å². The summed E-state index contributed by atoms with van der Waals surface area (Å²) in [6, 6.07) is 13.0. The fourth-order valence-corrected chi connectivity index (χ4v) is 5.66. The van der Waals surface area contributed by atoms with Gasteiger partial charge in [0.25, 0.3) is 15.9 Å². The van der Waals surface area contributed by atoms with Gasteiger partial charge in [0.15, 0.2) is 0 Å². The number of carbonyl (C=O) groups is 1. The van der Waals surface area contributed by atoms with Crippen molar-refractivity contribution in [3.63, 3.8) is 0 Å². The minimum atomic E-state index is -3.95. The molecule has 0 saturated carbocycles. The highest BCUT2D eigenvalue weighted by Crippen LogP contribution is 2.27. The highest BCUT2D eigenvalue weighted by molar-refractivity contribution is 7.89. The molecule has 0 aliphatic carbocycles. The Morgan fingerprint density at radius 1 is 1.06 bits per heavy atom. The number of aryl methyl sites for hydroxylation is 3. The lowest BCUT2D eigenvalue weighted by molar-refractivity contribution is 0.102. The second-order valence-electron chi connectivity index (χ2n) is 8.17. The lowest BCUT2D eigenvalue weighted by Crippen LogP contribution is -2.49. The molecule has 1 amide bonds. The maximum Gasteiger partial charge on any atom is 0.263 e. The number of carbonyl (C=O) groups excluding carboxylic acids is 1. The standard InChI is InChI=1S/C23H26ClN5O3S/c1-16-5-4-6-19(13-16)25-22(30)20-15-27(3)26-23(20)33(31,32)29-11-9-28(10-12-29)21-14-18(24)8-7-17(21)2/h4-8,13-15H,9-12H2,1-3H3,(H,25,30). The monoisotopic (exact) mass is 487 g/mol. The van der Waals surface area contributed by atoms with Crippen LogP contribution in [0.3, 0.4) is 0 Å². The number of sulfonamides is 1. The van der Waals surface area contributed by atoms with Gasteiger partial charge in [-0.25, -0.2) is 8.42 Å². The van der Waals surface area contributed by atoms with Crippen molar-refractivity contribution in [1.82, 2.24) is 14.1 Å². The number of rotatable bonds is 5. The zero-order chi connectivity index (χ0) is 23.8. The fraction of sp³-hybridized carbons (Fsp3) is 0.304. The van der Waals surface area contributed by atoms with Gasteiger partial charge in [-0.1, -0.05) is 29.8 Å². The zero-order valence-electron chi connectivity index (χ0n) is 18.7. The third-order valence-electron chi connectivity index (χ3n) is 5.65. The minimum absolute atomic E-state index is 0.0205. The van der Waals surface area contributed by atoms with E-state index in [2.05, 4.69) is 15.3 Å².